The van der Waals surface area contributed by atoms with Gasteiger partial charge in [-0.15, -0.1) is 0 Å². The van der Waals surface area contributed by atoms with Crippen molar-refractivity contribution in [3.63, 3.8) is 0 Å². The fourth-order valence-corrected chi connectivity index (χ4v) is 3.84. The van der Waals surface area contributed by atoms with E-state index in [-0.39, 0.29) is 5.60 Å². The lowest BCUT2D eigenvalue weighted by molar-refractivity contribution is -0.0412. The molecular weight excluding hydrogens is 222 g/mol. The van der Waals surface area contributed by atoms with E-state index in [1.54, 1.807) is 0 Å². The topological polar surface area (TPSA) is 23.5 Å². The molecule has 0 unspecified atom stereocenters. The first-order valence-electron chi connectivity index (χ1n) is 8.20. The highest BCUT2D eigenvalue weighted by molar-refractivity contribution is 4.91. The lowest BCUT2D eigenvalue weighted by Crippen LogP contribution is -2.47. The Hall–Kier alpha value is -0.0800. The van der Waals surface area contributed by atoms with E-state index in [0.717, 1.165) is 19.3 Å². The van der Waals surface area contributed by atoms with Crippen molar-refractivity contribution in [2.45, 2.75) is 89.2 Å². The van der Waals surface area contributed by atoms with Crippen molar-refractivity contribution in [1.29, 1.82) is 0 Å². The predicted molar refractivity (Wildman–Crippen MR) is 76.8 cm³/mol. The van der Waals surface area contributed by atoms with Crippen LogP contribution in [0.3, 0.4) is 0 Å². The van der Waals surface area contributed by atoms with Gasteiger partial charge >= 0.3 is 0 Å². The summed E-state index contributed by atoms with van der Waals surface area (Å²) in [5.41, 5.74) is -0.338. The molecule has 2 aliphatic rings. The molecule has 0 aromatic rings. The lowest BCUT2D eigenvalue weighted by Gasteiger charge is -2.43. The Morgan fingerprint density at radius 2 is 1.89 bits per heavy atom. The number of rotatable bonds is 5. The fourth-order valence-electron chi connectivity index (χ4n) is 3.84. The van der Waals surface area contributed by atoms with Crippen LogP contribution in [0.15, 0.2) is 0 Å². The molecule has 0 bridgehead atoms. The second kappa shape index (κ2) is 6.91. The largest absolute Gasteiger partial charge is 0.390 e. The maximum atomic E-state index is 10.8. The number of likely N-dealkylation sites (tertiary alicyclic amines) is 1. The molecule has 1 aliphatic heterocycles. The van der Waals surface area contributed by atoms with Gasteiger partial charge in [-0.05, 0) is 58.0 Å². The molecular formula is C16H31NO. The SMILES string of the molecule is CCCCC[C@]1(O)CCC[C@H](N2CCCCC2)C1. The number of aliphatic hydroxyl groups is 1. The molecule has 1 aliphatic carbocycles. The van der Waals surface area contributed by atoms with Crippen LogP contribution in [-0.4, -0.2) is 34.7 Å². The number of piperidine rings is 1. The van der Waals surface area contributed by atoms with E-state index in [0.29, 0.717) is 6.04 Å². The molecule has 2 rings (SSSR count). The maximum Gasteiger partial charge on any atom is 0.0662 e. The van der Waals surface area contributed by atoms with Crippen LogP contribution in [0.4, 0.5) is 0 Å². The minimum absolute atomic E-state index is 0.338. The first-order valence-corrected chi connectivity index (χ1v) is 8.20. The van der Waals surface area contributed by atoms with Gasteiger partial charge in [0.15, 0.2) is 0 Å². The molecule has 2 nitrogen and oxygen atoms in total. The molecule has 0 amide bonds. The van der Waals surface area contributed by atoms with Gasteiger partial charge in [0.05, 0.1) is 5.60 Å². The van der Waals surface area contributed by atoms with Crippen molar-refractivity contribution < 1.29 is 5.11 Å². The van der Waals surface area contributed by atoms with E-state index in [1.807, 2.05) is 0 Å². The Morgan fingerprint density at radius 3 is 2.61 bits per heavy atom. The third-order valence-electron chi connectivity index (χ3n) is 4.95. The standard InChI is InChI=1S/C16H31NO/c1-2-3-5-10-16(18)11-8-9-15(14-16)17-12-6-4-7-13-17/h15,18H,2-14H2,1H3/t15-,16-/m0/s1. The molecule has 2 atom stereocenters. The van der Waals surface area contributed by atoms with E-state index in [4.69, 9.17) is 0 Å². The Labute approximate surface area is 113 Å². The van der Waals surface area contributed by atoms with E-state index in [2.05, 4.69) is 11.8 Å². The van der Waals surface area contributed by atoms with Crippen molar-refractivity contribution in [3.05, 3.63) is 0 Å². The summed E-state index contributed by atoms with van der Waals surface area (Å²) in [6, 6.07) is 0.672. The maximum absolute atomic E-state index is 10.8. The number of nitrogens with zero attached hydrogens (tertiary/aromatic N) is 1. The number of hydrogen-bond acceptors (Lipinski definition) is 2. The molecule has 106 valence electrons. The monoisotopic (exact) mass is 253 g/mol. The molecule has 18 heavy (non-hydrogen) atoms. The molecule has 1 saturated carbocycles. The van der Waals surface area contributed by atoms with E-state index in [9.17, 15) is 5.11 Å². The lowest BCUT2D eigenvalue weighted by atomic mass is 9.78. The molecule has 0 aromatic carbocycles. The molecule has 0 spiro atoms. The quantitative estimate of drug-likeness (QED) is 0.755. The molecule has 1 N–H and O–H groups in total. The van der Waals surface area contributed by atoms with Gasteiger partial charge in [0.1, 0.15) is 0 Å². The van der Waals surface area contributed by atoms with Crippen LogP contribution in [-0.2, 0) is 0 Å². The third-order valence-corrected chi connectivity index (χ3v) is 4.95. The summed E-state index contributed by atoms with van der Waals surface area (Å²) in [7, 11) is 0. The molecule has 0 radical (unpaired) electrons. The van der Waals surface area contributed by atoms with Crippen LogP contribution in [0, 0.1) is 0 Å². The summed E-state index contributed by atoms with van der Waals surface area (Å²) >= 11 is 0. The van der Waals surface area contributed by atoms with Gasteiger partial charge in [-0.2, -0.15) is 0 Å². The third kappa shape index (κ3) is 3.96. The van der Waals surface area contributed by atoms with Gasteiger partial charge in [-0.25, -0.2) is 0 Å². The van der Waals surface area contributed by atoms with Gasteiger partial charge in [-0.3, -0.25) is 0 Å². The second-order valence-electron chi connectivity index (χ2n) is 6.53. The Balaban J connectivity index is 1.82. The average Bonchev–Trinajstić information content (AvgIpc) is 2.40. The van der Waals surface area contributed by atoms with Crippen LogP contribution in [0.25, 0.3) is 0 Å². The molecule has 1 heterocycles. The molecule has 2 fully saturated rings. The van der Waals surface area contributed by atoms with Crippen molar-refractivity contribution in [3.8, 4) is 0 Å². The smallest absolute Gasteiger partial charge is 0.0662 e. The van der Waals surface area contributed by atoms with E-state index < -0.39 is 0 Å². The highest BCUT2D eigenvalue weighted by Crippen LogP contribution is 2.35. The summed E-state index contributed by atoms with van der Waals surface area (Å²) in [6.07, 6.45) is 13.5. The molecule has 1 saturated heterocycles. The van der Waals surface area contributed by atoms with Crippen molar-refractivity contribution in [2.75, 3.05) is 13.1 Å². The Morgan fingerprint density at radius 1 is 1.11 bits per heavy atom. The van der Waals surface area contributed by atoms with Crippen LogP contribution in [0.1, 0.15) is 77.6 Å². The second-order valence-corrected chi connectivity index (χ2v) is 6.53. The Kier molecular flexibility index (Phi) is 5.50. The zero-order chi connectivity index (χ0) is 12.8. The highest BCUT2D eigenvalue weighted by atomic mass is 16.3. The number of unbranched alkanes of at least 4 members (excludes halogenated alkanes) is 2. The van der Waals surface area contributed by atoms with Gasteiger partial charge in [0.2, 0.25) is 0 Å². The van der Waals surface area contributed by atoms with Crippen molar-refractivity contribution in [1.82, 2.24) is 4.90 Å². The predicted octanol–water partition coefficient (Wildman–Crippen LogP) is 3.73. The van der Waals surface area contributed by atoms with Crippen LogP contribution in [0.2, 0.25) is 0 Å². The first-order chi connectivity index (χ1) is 8.73. The fraction of sp³-hybridized carbons (Fsp3) is 1.00. The normalized spacial score (nSPS) is 34.7. The molecule has 2 heteroatoms. The van der Waals surface area contributed by atoms with Gasteiger partial charge < -0.3 is 10.0 Å². The zero-order valence-corrected chi connectivity index (χ0v) is 12.2. The van der Waals surface area contributed by atoms with Gasteiger partial charge in [0, 0.05) is 6.04 Å². The summed E-state index contributed by atoms with van der Waals surface area (Å²) in [5, 5.41) is 10.8. The summed E-state index contributed by atoms with van der Waals surface area (Å²) in [4.78, 5) is 2.66. The van der Waals surface area contributed by atoms with E-state index >= 15 is 0 Å². The van der Waals surface area contributed by atoms with Gasteiger partial charge in [-0.1, -0.05) is 32.6 Å². The van der Waals surface area contributed by atoms with Crippen molar-refractivity contribution in [2.24, 2.45) is 0 Å². The Bertz CT molecular complexity index is 237. The summed E-state index contributed by atoms with van der Waals surface area (Å²) in [5.74, 6) is 0. The summed E-state index contributed by atoms with van der Waals surface area (Å²) < 4.78 is 0. The van der Waals surface area contributed by atoms with Crippen LogP contribution >= 0.6 is 0 Å². The molecule has 0 aromatic heterocycles. The van der Waals surface area contributed by atoms with Crippen LogP contribution < -0.4 is 0 Å². The number of hydrogen-bond donors (Lipinski definition) is 1. The minimum Gasteiger partial charge on any atom is -0.390 e. The summed E-state index contributed by atoms with van der Waals surface area (Å²) in [6.45, 7) is 4.78. The van der Waals surface area contributed by atoms with Crippen LogP contribution in [0.5, 0.6) is 0 Å². The van der Waals surface area contributed by atoms with Gasteiger partial charge in [0.25, 0.3) is 0 Å². The van der Waals surface area contributed by atoms with E-state index in [1.165, 1.54) is 64.5 Å². The average molecular weight is 253 g/mol. The van der Waals surface area contributed by atoms with Crippen molar-refractivity contribution >= 4 is 0 Å². The zero-order valence-electron chi connectivity index (χ0n) is 12.2. The first kappa shape index (κ1) is 14.3. The minimum atomic E-state index is -0.338. The highest BCUT2D eigenvalue weighted by Gasteiger charge is 2.36.